The topological polar surface area (TPSA) is 25.0 Å². The first-order valence-corrected chi connectivity index (χ1v) is 4.21. The van der Waals surface area contributed by atoms with E-state index >= 15 is 0 Å². The number of aromatic amines is 1. The van der Waals surface area contributed by atoms with Crippen LogP contribution in [0.15, 0.2) is 18.3 Å². The Balaban J connectivity index is 3.11. The van der Waals surface area contributed by atoms with Crippen molar-refractivity contribution in [2.24, 2.45) is 0 Å². The second-order valence-electron chi connectivity index (χ2n) is 3.15. The van der Waals surface area contributed by atoms with Gasteiger partial charge in [0, 0.05) is 23.5 Å². The van der Waals surface area contributed by atoms with Gasteiger partial charge in [-0.2, -0.15) is 0 Å². The lowest BCUT2D eigenvalue weighted by atomic mass is 10.0. The summed E-state index contributed by atoms with van der Waals surface area (Å²) in [7, 11) is 1.68. The van der Waals surface area contributed by atoms with Crippen LogP contribution in [0.4, 0.5) is 0 Å². The Morgan fingerprint density at radius 1 is 1.50 bits per heavy atom. The molecule has 1 N–H and O–H groups in total. The molecule has 0 aliphatic rings. The molecule has 0 saturated heterocycles. The van der Waals surface area contributed by atoms with Crippen molar-refractivity contribution in [3.05, 3.63) is 28.5 Å². The summed E-state index contributed by atoms with van der Waals surface area (Å²) in [4.78, 5) is 3.11. The molecule has 0 aromatic carbocycles. The molecule has 12 heavy (non-hydrogen) atoms. The Bertz CT molecular complexity index is 316. The highest BCUT2D eigenvalue weighted by Crippen LogP contribution is 2.20. The summed E-state index contributed by atoms with van der Waals surface area (Å²) in [5.74, 6) is 0. The van der Waals surface area contributed by atoms with E-state index in [9.17, 15) is 0 Å². The summed E-state index contributed by atoms with van der Waals surface area (Å²) < 4.78 is 6.13. The van der Waals surface area contributed by atoms with Crippen molar-refractivity contribution in [3.8, 4) is 0 Å². The van der Waals surface area contributed by atoms with E-state index in [0.717, 1.165) is 10.2 Å². The van der Waals surface area contributed by atoms with Gasteiger partial charge in [0.15, 0.2) is 0 Å². The van der Waals surface area contributed by atoms with Gasteiger partial charge in [0.25, 0.3) is 0 Å². The third-order valence-electron chi connectivity index (χ3n) is 1.93. The molecule has 0 amide bonds. The molecule has 3 heteroatoms. The summed E-state index contributed by atoms with van der Waals surface area (Å²) in [6.45, 7) is 3.99. The first-order valence-electron chi connectivity index (χ1n) is 3.80. The van der Waals surface area contributed by atoms with Crippen molar-refractivity contribution in [2.45, 2.75) is 19.4 Å². The molecule has 2 nitrogen and oxygen atoms in total. The number of nitrogens with one attached hydrogen (secondary N) is 1. The zero-order valence-electron chi connectivity index (χ0n) is 7.55. The maximum atomic E-state index is 5.30. The molecular formula is C9H13NOS. The van der Waals surface area contributed by atoms with Crippen molar-refractivity contribution in [2.75, 3.05) is 7.11 Å². The SMILES string of the molecule is COC(C)(C)c1cc(=S)cc[nH]1. The van der Waals surface area contributed by atoms with E-state index in [1.807, 2.05) is 32.2 Å². The fraction of sp³-hybridized carbons (Fsp3) is 0.444. The lowest BCUT2D eigenvalue weighted by molar-refractivity contribution is 0.0155. The number of aromatic nitrogens is 1. The molecule has 0 radical (unpaired) electrons. The van der Waals surface area contributed by atoms with E-state index in [1.54, 1.807) is 7.11 Å². The quantitative estimate of drug-likeness (QED) is 0.713. The molecule has 1 rings (SSSR count). The zero-order chi connectivity index (χ0) is 9.19. The molecule has 1 aromatic rings. The predicted octanol–water partition coefficient (Wildman–Crippen LogP) is 2.63. The van der Waals surface area contributed by atoms with E-state index in [-0.39, 0.29) is 5.60 Å². The summed E-state index contributed by atoms with van der Waals surface area (Å²) in [5.41, 5.74) is 0.701. The number of hydrogen-bond donors (Lipinski definition) is 1. The Kier molecular flexibility index (Phi) is 2.65. The molecule has 0 unspecified atom stereocenters. The monoisotopic (exact) mass is 183 g/mol. The smallest absolute Gasteiger partial charge is 0.102 e. The lowest BCUT2D eigenvalue weighted by Gasteiger charge is -2.22. The van der Waals surface area contributed by atoms with Crippen LogP contribution in [-0.2, 0) is 10.3 Å². The third-order valence-corrected chi connectivity index (χ3v) is 2.19. The van der Waals surface area contributed by atoms with Crippen LogP contribution in [0.2, 0.25) is 0 Å². The number of H-pyrrole nitrogens is 1. The largest absolute Gasteiger partial charge is 0.373 e. The maximum absolute atomic E-state index is 5.30. The van der Waals surface area contributed by atoms with Gasteiger partial charge in [0.2, 0.25) is 0 Å². The van der Waals surface area contributed by atoms with Gasteiger partial charge in [-0.25, -0.2) is 0 Å². The maximum Gasteiger partial charge on any atom is 0.102 e. The van der Waals surface area contributed by atoms with Gasteiger partial charge in [-0.05, 0) is 26.0 Å². The Morgan fingerprint density at radius 3 is 2.67 bits per heavy atom. The Hall–Kier alpha value is -0.670. The highest BCUT2D eigenvalue weighted by Gasteiger charge is 2.19. The molecule has 66 valence electrons. The third kappa shape index (κ3) is 1.93. The summed E-state index contributed by atoms with van der Waals surface area (Å²) in [5, 5.41) is 0. The molecule has 1 heterocycles. The average molecular weight is 183 g/mol. The number of ether oxygens (including phenoxy) is 1. The van der Waals surface area contributed by atoms with Crippen LogP contribution in [0.1, 0.15) is 19.5 Å². The van der Waals surface area contributed by atoms with Crippen LogP contribution in [0.5, 0.6) is 0 Å². The predicted molar refractivity (Wildman–Crippen MR) is 51.7 cm³/mol. The fourth-order valence-electron chi connectivity index (χ4n) is 0.903. The van der Waals surface area contributed by atoms with Gasteiger partial charge in [-0.1, -0.05) is 12.2 Å². The van der Waals surface area contributed by atoms with E-state index in [1.165, 1.54) is 0 Å². The highest BCUT2D eigenvalue weighted by molar-refractivity contribution is 7.71. The van der Waals surface area contributed by atoms with Crippen LogP contribution < -0.4 is 0 Å². The van der Waals surface area contributed by atoms with Crippen LogP contribution in [0.3, 0.4) is 0 Å². The minimum absolute atomic E-state index is 0.297. The molecular weight excluding hydrogens is 170 g/mol. The zero-order valence-corrected chi connectivity index (χ0v) is 8.37. The first kappa shape index (κ1) is 9.42. The van der Waals surface area contributed by atoms with Gasteiger partial charge < -0.3 is 9.72 Å². The number of hydrogen-bond acceptors (Lipinski definition) is 2. The van der Waals surface area contributed by atoms with Crippen molar-refractivity contribution in [1.82, 2.24) is 4.98 Å². The van der Waals surface area contributed by atoms with Gasteiger partial charge in [0.1, 0.15) is 5.60 Å². The van der Waals surface area contributed by atoms with E-state index in [4.69, 9.17) is 17.0 Å². The second kappa shape index (κ2) is 3.37. The van der Waals surface area contributed by atoms with E-state index in [2.05, 4.69) is 4.98 Å². The lowest BCUT2D eigenvalue weighted by Crippen LogP contribution is -2.20. The highest BCUT2D eigenvalue weighted by atomic mass is 32.1. The number of pyridine rings is 1. The van der Waals surface area contributed by atoms with Crippen molar-refractivity contribution in [1.29, 1.82) is 0 Å². The fourth-order valence-corrected chi connectivity index (χ4v) is 1.09. The minimum Gasteiger partial charge on any atom is -0.373 e. The molecule has 0 atom stereocenters. The molecule has 0 aliphatic heterocycles. The molecule has 0 fully saturated rings. The van der Waals surface area contributed by atoms with Gasteiger partial charge in [0.05, 0.1) is 0 Å². The Morgan fingerprint density at radius 2 is 2.17 bits per heavy atom. The standard InChI is InChI=1S/C9H13NOS/c1-9(2,11-3)8-6-7(12)4-5-10-8/h4-6H,1-3H3,(H,10,12). The van der Waals surface area contributed by atoms with Crippen LogP contribution in [0, 0.1) is 4.51 Å². The van der Waals surface area contributed by atoms with Gasteiger partial charge in [-0.15, -0.1) is 0 Å². The van der Waals surface area contributed by atoms with Crippen molar-refractivity contribution >= 4 is 12.2 Å². The molecule has 0 aliphatic carbocycles. The summed E-state index contributed by atoms with van der Waals surface area (Å²) in [6.07, 6.45) is 1.83. The first-order chi connectivity index (χ1) is 5.56. The second-order valence-corrected chi connectivity index (χ2v) is 3.62. The van der Waals surface area contributed by atoms with Crippen molar-refractivity contribution < 1.29 is 4.74 Å². The number of rotatable bonds is 2. The molecule has 0 spiro atoms. The van der Waals surface area contributed by atoms with Crippen LogP contribution >= 0.6 is 12.2 Å². The van der Waals surface area contributed by atoms with Gasteiger partial charge in [-0.3, -0.25) is 0 Å². The van der Waals surface area contributed by atoms with Crippen LogP contribution in [0.25, 0.3) is 0 Å². The summed E-state index contributed by atoms with van der Waals surface area (Å²) in [6, 6.07) is 3.77. The van der Waals surface area contributed by atoms with Gasteiger partial charge >= 0.3 is 0 Å². The van der Waals surface area contributed by atoms with E-state index in [0.29, 0.717) is 0 Å². The minimum atomic E-state index is -0.297. The van der Waals surface area contributed by atoms with Crippen molar-refractivity contribution in [3.63, 3.8) is 0 Å². The number of methoxy groups -OCH3 is 1. The summed E-state index contributed by atoms with van der Waals surface area (Å²) >= 11 is 5.04. The average Bonchev–Trinajstić information content (AvgIpc) is 2.05. The van der Waals surface area contributed by atoms with Crippen LogP contribution in [-0.4, -0.2) is 12.1 Å². The molecule has 1 aromatic heterocycles. The Labute approximate surface area is 77.6 Å². The molecule has 0 saturated carbocycles. The molecule has 0 bridgehead atoms. The normalized spacial score (nSPS) is 11.6. The van der Waals surface area contributed by atoms with E-state index < -0.39 is 0 Å².